The highest BCUT2D eigenvalue weighted by Crippen LogP contribution is 2.29. The molecule has 1 nitrogen and oxygen atoms in total. The maximum atomic E-state index is 3.76. The van der Waals surface area contributed by atoms with E-state index in [1.165, 1.54) is 26.7 Å². The third-order valence-corrected chi connectivity index (χ3v) is 4.84. The minimum Gasteiger partial charge on any atom is -0.310 e. The zero-order valence-corrected chi connectivity index (χ0v) is 14.7. The van der Waals surface area contributed by atoms with Gasteiger partial charge in [-0.3, -0.25) is 0 Å². The highest BCUT2D eigenvalue weighted by atomic mass is 79.9. The van der Waals surface area contributed by atoms with Gasteiger partial charge < -0.3 is 5.32 Å². The van der Waals surface area contributed by atoms with Crippen LogP contribution < -0.4 is 5.32 Å². The molecule has 1 atom stereocenters. The van der Waals surface area contributed by atoms with Crippen molar-refractivity contribution in [3.05, 3.63) is 69.2 Å². The first-order valence-electron chi connectivity index (χ1n) is 7.65. The molecule has 0 aliphatic heterocycles. The first kappa shape index (κ1) is 16.3. The summed E-state index contributed by atoms with van der Waals surface area (Å²) in [5.74, 6) is 0. The second-order valence-electron chi connectivity index (χ2n) is 5.68. The average molecular weight is 346 g/mol. The highest BCUT2D eigenvalue weighted by molar-refractivity contribution is 9.10. The van der Waals surface area contributed by atoms with Gasteiger partial charge in [-0.1, -0.05) is 70.9 Å². The Kier molecular flexibility index (Phi) is 6.01. The Balaban J connectivity index is 2.27. The Labute approximate surface area is 136 Å². The van der Waals surface area contributed by atoms with Gasteiger partial charge in [0.25, 0.3) is 0 Å². The third kappa shape index (κ3) is 4.42. The number of hydrogen-bond donors (Lipinski definition) is 1. The van der Waals surface area contributed by atoms with Crippen molar-refractivity contribution in [2.24, 2.45) is 0 Å². The van der Waals surface area contributed by atoms with Crippen LogP contribution in [0.2, 0.25) is 0 Å². The van der Waals surface area contributed by atoms with E-state index in [0.29, 0.717) is 6.04 Å². The summed E-state index contributed by atoms with van der Waals surface area (Å²) < 4.78 is 1.23. The molecule has 1 unspecified atom stereocenters. The van der Waals surface area contributed by atoms with Crippen LogP contribution in [0.5, 0.6) is 0 Å². The summed E-state index contributed by atoms with van der Waals surface area (Å²) in [6, 6.07) is 15.7. The Morgan fingerprint density at radius 1 is 1.10 bits per heavy atom. The van der Waals surface area contributed by atoms with Crippen molar-refractivity contribution >= 4 is 15.9 Å². The number of halogens is 1. The van der Waals surface area contributed by atoms with Gasteiger partial charge in [-0.05, 0) is 49.9 Å². The van der Waals surface area contributed by atoms with Crippen molar-refractivity contribution in [3.8, 4) is 0 Å². The summed E-state index contributed by atoms with van der Waals surface area (Å²) in [6.45, 7) is 7.55. The van der Waals surface area contributed by atoms with Gasteiger partial charge in [0.05, 0.1) is 0 Å². The Morgan fingerprint density at radius 3 is 2.57 bits per heavy atom. The second-order valence-corrected chi connectivity index (χ2v) is 6.47. The highest BCUT2D eigenvalue weighted by Gasteiger charge is 2.15. The molecule has 0 aliphatic rings. The van der Waals surface area contributed by atoms with Crippen LogP contribution in [0.15, 0.2) is 46.9 Å². The second kappa shape index (κ2) is 7.77. The van der Waals surface area contributed by atoms with Gasteiger partial charge in [-0.25, -0.2) is 0 Å². The number of nitrogens with one attached hydrogen (secondary N) is 1. The first-order valence-corrected chi connectivity index (χ1v) is 8.45. The quantitative estimate of drug-likeness (QED) is 0.743. The summed E-state index contributed by atoms with van der Waals surface area (Å²) in [6.07, 6.45) is 2.16. The van der Waals surface area contributed by atoms with Crippen molar-refractivity contribution in [2.75, 3.05) is 6.54 Å². The molecule has 1 N–H and O–H groups in total. The minimum atomic E-state index is 0.348. The summed E-state index contributed by atoms with van der Waals surface area (Å²) in [7, 11) is 0. The van der Waals surface area contributed by atoms with E-state index < -0.39 is 0 Å². The largest absolute Gasteiger partial charge is 0.310 e. The molecule has 0 amide bonds. The lowest BCUT2D eigenvalue weighted by atomic mass is 9.96. The predicted octanol–water partition coefficient (Wildman–Crippen LogP) is 5.35. The summed E-state index contributed by atoms with van der Waals surface area (Å²) in [5, 5.41) is 3.69. The molecule has 2 aromatic rings. The van der Waals surface area contributed by atoms with Crippen LogP contribution in [0.1, 0.15) is 41.6 Å². The lowest BCUT2D eigenvalue weighted by molar-refractivity contribution is 0.527. The topological polar surface area (TPSA) is 12.0 Å². The van der Waals surface area contributed by atoms with Crippen LogP contribution in [0, 0.1) is 13.8 Å². The molecule has 2 rings (SSSR count). The zero-order valence-electron chi connectivity index (χ0n) is 13.1. The van der Waals surface area contributed by atoms with Gasteiger partial charge in [-0.15, -0.1) is 0 Å². The van der Waals surface area contributed by atoms with Crippen LogP contribution in [-0.4, -0.2) is 6.54 Å². The maximum absolute atomic E-state index is 3.76. The van der Waals surface area contributed by atoms with Crippen molar-refractivity contribution in [1.82, 2.24) is 5.32 Å². The van der Waals surface area contributed by atoms with E-state index in [0.717, 1.165) is 19.4 Å². The summed E-state index contributed by atoms with van der Waals surface area (Å²) in [4.78, 5) is 0. The van der Waals surface area contributed by atoms with Crippen molar-refractivity contribution in [3.63, 3.8) is 0 Å². The molecule has 0 aliphatic carbocycles. The Hall–Kier alpha value is -1.12. The van der Waals surface area contributed by atoms with Gasteiger partial charge in [0, 0.05) is 10.5 Å². The molecular formula is C19H24BrN. The number of aryl methyl sites for hydroxylation is 2. The third-order valence-electron chi connectivity index (χ3n) is 3.76. The number of rotatable bonds is 6. The van der Waals surface area contributed by atoms with Crippen LogP contribution in [0.3, 0.4) is 0 Å². The average Bonchev–Trinajstić information content (AvgIpc) is 2.47. The fourth-order valence-electron chi connectivity index (χ4n) is 2.62. The van der Waals surface area contributed by atoms with Gasteiger partial charge in [-0.2, -0.15) is 0 Å². The molecule has 0 aromatic heterocycles. The van der Waals surface area contributed by atoms with Crippen LogP contribution >= 0.6 is 15.9 Å². The van der Waals surface area contributed by atoms with Crippen molar-refractivity contribution < 1.29 is 0 Å². The van der Waals surface area contributed by atoms with E-state index >= 15 is 0 Å². The fourth-order valence-corrected chi connectivity index (χ4v) is 3.17. The molecule has 0 saturated carbocycles. The lowest BCUT2D eigenvalue weighted by Gasteiger charge is -2.21. The monoisotopic (exact) mass is 345 g/mol. The van der Waals surface area contributed by atoms with E-state index in [1.54, 1.807) is 0 Å². The van der Waals surface area contributed by atoms with Crippen molar-refractivity contribution in [2.45, 2.75) is 39.7 Å². The minimum absolute atomic E-state index is 0.348. The molecule has 112 valence electrons. The van der Waals surface area contributed by atoms with Crippen molar-refractivity contribution in [1.29, 1.82) is 0 Å². The number of benzene rings is 2. The Morgan fingerprint density at radius 2 is 1.86 bits per heavy atom. The van der Waals surface area contributed by atoms with Gasteiger partial charge >= 0.3 is 0 Å². The fraction of sp³-hybridized carbons (Fsp3) is 0.368. The normalized spacial score (nSPS) is 12.4. The molecule has 0 saturated heterocycles. The van der Waals surface area contributed by atoms with Gasteiger partial charge in [0.1, 0.15) is 0 Å². The van der Waals surface area contributed by atoms with E-state index in [1.807, 2.05) is 0 Å². The molecule has 21 heavy (non-hydrogen) atoms. The van der Waals surface area contributed by atoms with E-state index in [4.69, 9.17) is 0 Å². The van der Waals surface area contributed by atoms with E-state index in [2.05, 4.69) is 84.5 Å². The lowest BCUT2D eigenvalue weighted by Crippen LogP contribution is -2.24. The van der Waals surface area contributed by atoms with E-state index in [-0.39, 0.29) is 0 Å². The maximum Gasteiger partial charge on any atom is 0.0372 e. The molecule has 0 spiro atoms. The Bertz CT molecular complexity index is 592. The number of hydrogen-bond acceptors (Lipinski definition) is 1. The van der Waals surface area contributed by atoms with Gasteiger partial charge in [0.2, 0.25) is 0 Å². The van der Waals surface area contributed by atoms with Crippen LogP contribution in [-0.2, 0) is 6.42 Å². The molecule has 0 bridgehead atoms. The van der Waals surface area contributed by atoms with E-state index in [9.17, 15) is 0 Å². The van der Waals surface area contributed by atoms with Crippen LogP contribution in [0.25, 0.3) is 0 Å². The first-order chi connectivity index (χ1) is 10.1. The summed E-state index contributed by atoms with van der Waals surface area (Å²) in [5.41, 5.74) is 5.35. The molecule has 0 fully saturated rings. The van der Waals surface area contributed by atoms with Crippen LogP contribution in [0.4, 0.5) is 0 Å². The molecule has 2 aromatic carbocycles. The molecule has 2 heteroatoms. The standard InChI is InChI=1S/C19H24BrN/c1-4-11-21-18(13-16-9-5-7-14(2)12-16)17-10-6-8-15(3)19(17)20/h5-10,12,18,21H,4,11,13H2,1-3H3. The predicted molar refractivity (Wildman–Crippen MR) is 94.8 cm³/mol. The smallest absolute Gasteiger partial charge is 0.0372 e. The molecule has 0 heterocycles. The molecule has 0 radical (unpaired) electrons. The molecular weight excluding hydrogens is 322 g/mol. The summed E-state index contributed by atoms with van der Waals surface area (Å²) >= 11 is 3.76. The SMILES string of the molecule is CCCNC(Cc1cccc(C)c1)c1cccc(C)c1Br. The zero-order chi connectivity index (χ0) is 15.2. The van der Waals surface area contributed by atoms with Gasteiger partial charge in [0.15, 0.2) is 0 Å².